The van der Waals surface area contributed by atoms with Gasteiger partial charge in [0.1, 0.15) is 6.07 Å². The Balaban J connectivity index is 2.24. The number of nitrogens with two attached hydrogens (primary N) is 1. The summed E-state index contributed by atoms with van der Waals surface area (Å²) in [6, 6.07) is 8.23. The maximum Gasteiger partial charge on any atom is 0.101 e. The van der Waals surface area contributed by atoms with E-state index in [0.717, 1.165) is 25.2 Å². The molecule has 0 aromatic heterocycles. The fourth-order valence-electron chi connectivity index (χ4n) is 2.51. The fourth-order valence-corrected chi connectivity index (χ4v) is 2.72. The summed E-state index contributed by atoms with van der Waals surface area (Å²) < 4.78 is 0. The molecule has 0 spiro atoms. The predicted molar refractivity (Wildman–Crippen MR) is 74.8 cm³/mol. The molecule has 0 amide bonds. The van der Waals surface area contributed by atoms with Crippen LogP contribution in [0.3, 0.4) is 0 Å². The van der Waals surface area contributed by atoms with Gasteiger partial charge in [-0.25, -0.2) is 0 Å². The van der Waals surface area contributed by atoms with Gasteiger partial charge in [-0.1, -0.05) is 11.6 Å². The zero-order valence-electron chi connectivity index (χ0n) is 10.6. The molecule has 0 radical (unpaired) electrons. The highest BCUT2D eigenvalue weighted by molar-refractivity contribution is 6.32. The van der Waals surface area contributed by atoms with Crippen molar-refractivity contribution < 1.29 is 0 Å². The zero-order valence-corrected chi connectivity index (χ0v) is 11.3. The van der Waals surface area contributed by atoms with E-state index in [4.69, 9.17) is 22.6 Å². The van der Waals surface area contributed by atoms with Crippen molar-refractivity contribution in [1.82, 2.24) is 0 Å². The highest BCUT2D eigenvalue weighted by atomic mass is 35.5. The lowest BCUT2D eigenvalue weighted by molar-refractivity contribution is 0.374. The van der Waals surface area contributed by atoms with Crippen LogP contribution in [-0.4, -0.2) is 19.1 Å². The zero-order chi connectivity index (χ0) is 13.1. The molecule has 1 heterocycles. The molecule has 18 heavy (non-hydrogen) atoms. The van der Waals surface area contributed by atoms with Crippen molar-refractivity contribution in [3.8, 4) is 6.07 Å². The topological polar surface area (TPSA) is 53.0 Å². The van der Waals surface area contributed by atoms with Crippen molar-refractivity contribution in [2.45, 2.75) is 25.8 Å². The van der Waals surface area contributed by atoms with Gasteiger partial charge in [-0.15, -0.1) is 0 Å². The highest BCUT2D eigenvalue weighted by Gasteiger charge is 2.25. The second-order valence-electron chi connectivity index (χ2n) is 4.96. The Bertz CT molecular complexity index is 467. The fraction of sp³-hybridized carbons (Fsp3) is 0.500. The SMILES string of the molecule is CC1CCC(CN)CN1c1ccc(C#N)c(Cl)c1. The minimum atomic E-state index is 0.497. The summed E-state index contributed by atoms with van der Waals surface area (Å²) in [5.41, 5.74) is 7.38. The van der Waals surface area contributed by atoms with Gasteiger partial charge in [-0.2, -0.15) is 5.26 Å². The summed E-state index contributed by atoms with van der Waals surface area (Å²) >= 11 is 6.09. The number of nitriles is 1. The van der Waals surface area contributed by atoms with E-state index in [1.165, 1.54) is 6.42 Å². The smallest absolute Gasteiger partial charge is 0.101 e. The van der Waals surface area contributed by atoms with Crippen LogP contribution in [0.25, 0.3) is 0 Å². The lowest BCUT2D eigenvalue weighted by Crippen LogP contribution is -2.43. The molecule has 2 N–H and O–H groups in total. The van der Waals surface area contributed by atoms with Crippen molar-refractivity contribution in [1.29, 1.82) is 5.26 Å². The molecule has 0 saturated carbocycles. The van der Waals surface area contributed by atoms with Crippen molar-refractivity contribution in [3.63, 3.8) is 0 Å². The van der Waals surface area contributed by atoms with Gasteiger partial charge < -0.3 is 10.6 Å². The van der Waals surface area contributed by atoms with Gasteiger partial charge in [-0.3, -0.25) is 0 Å². The molecular weight excluding hydrogens is 246 g/mol. The monoisotopic (exact) mass is 263 g/mol. The summed E-state index contributed by atoms with van der Waals surface area (Å²) in [6.07, 6.45) is 2.34. The third-order valence-electron chi connectivity index (χ3n) is 3.72. The van der Waals surface area contributed by atoms with Gasteiger partial charge in [0.2, 0.25) is 0 Å². The minimum Gasteiger partial charge on any atom is -0.368 e. The minimum absolute atomic E-state index is 0.497. The number of hydrogen-bond donors (Lipinski definition) is 1. The molecule has 1 aliphatic rings. The average Bonchev–Trinajstić information content (AvgIpc) is 2.39. The van der Waals surface area contributed by atoms with E-state index in [1.807, 2.05) is 12.1 Å². The number of halogens is 1. The number of rotatable bonds is 2. The molecule has 3 nitrogen and oxygen atoms in total. The summed E-state index contributed by atoms with van der Waals surface area (Å²) in [5, 5.41) is 9.41. The predicted octanol–water partition coefficient (Wildman–Crippen LogP) is 2.78. The summed E-state index contributed by atoms with van der Waals surface area (Å²) in [7, 11) is 0. The summed E-state index contributed by atoms with van der Waals surface area (Å²) in [6.45, 7) is 3.92. The van der Waals surface area contributed by atoms with E-state index in [-0.39, 0.29) is 0 Å². The maximum atomic E-state index is 8.89. The Morgan fingerprint density at radius 1 is 1.50 bits per heavy atom. The average molecular weight is 264 g/mol. The molecule has 2 rings (SSSR count). The standard InChI is InChI=1S/C14H18ClN3/c1-10-2-3-11(7-16)9-18(10)13-5-4-12(8-17)14(15)6-13/h4-6,10-11H,2-3,7,9,16H2,1H3. The van der Waals surface area contributed by atoms with Gasteiger partial charge in [0.05, 0.1) is 10.6 Å². The molecule has 0 bridgehead atoms. The maximum absolute atomic E-state index is 8.89. The Kier molecular flexibility index (Phi) is 4.11. The number of nitrogens with zero attached hydrogens (tertiary/aromatic N) is 2. The Morgan fingerprint density at radius 2 is 2.28 bits per heavy atom. The molecule has 2 unspecified atom stereocenters. The van der Waals surface area contributed by atoms with E-state index in [9.17, 15) is 0 Å². The van der Waals surface area contributed by atoms with Crippen molar-refractivity contribution in [2.24, 2.45) is 11.7 Å². The van der Waals surface area contributed by atoms with Crippen LogP contribution >= 0.6 is 11.6 Å². The van der Waals surface area contributed by atoms with E-state index in [2.05, 4.69) is 17.9 Å². The number of piperidine rings is 1. The van der Waals surface area contributed by atoms with E-state index in [0.29, 0.717) is 22.5 Å². The quantitative estimate of drug-likeness (QED) is 0.893. The molecule has 4 heteroatoms. The lowest BCUT2D eigenvalue weighted by Gasteiger charge is -2.39. The second kappa shape index (κ2) is 5.60. The van der Waals surface area contributed by atoms with Crippen LogP contribution < -0.4 is 10.6 Å². The molecule has 2 atom stereocenters. The van der Waals surface area contributed by atoms with Crippen LogP contribution in [-0.2, 0) is 0 Å². The van der Waals surface area contributed by atoms with Crippen LogP contribution in [0.4, 0.5) is 5.69 Å². The molecule has 1 aromatic carbocycles. The van der Waals surface area contributed by atoms with Crippen molar-refractivity contribution >= 4 is 17.3 Å². The number of anilines is 1. The molecular formula is C14H18ClN3. The van der Waals surface area contributed by atoms with E-state index >= 15 is 0 Å². The largest absolute Gasteiger partial charge is 0.368 e. The second-order valence-corrected chi connectivity index (χ2v) is 5.36. The first kappa shape index (κ1) is 13.2. The Labute approximate surface area is 113 Å². The van der Waals surface area contributed by atoms with Crippen molar-refractivity contribution in [2.75, 3.05) is 18.0 Å². The Morgan fingerprint density at radius 3 is 2.89 bits per heavy atom. The first-order valence-corrected chi connectivity index (χ1v) is 6.70. The molecule has 1 saturated heterocycles. The molecule has 1 aliphatic heterocycles. The first-order chi connectivity index (χ1) is 8.65. The van der Waals surface area contributed by atoms with Crippen LogP contribution in [0.15, 0.2) is 18.2 Å². The number of benzene rings is 1. The molecule has 1 aromatic rings. The van der Waals surface area contributed by atoms with Crippen molar-refractivity contribution in [3.05, 3.63) is 28.8 Å². The lowest BCUT2D eigenvalue weighted by atomic mass is 9.93. The molecule has 1 fully saturated rings. The third-order valence-corrected chi connectivity index (χ3v) is 4.03. The van der Waals surface area contributed by atoms with Gasteiger partial charge in [0, 0.05) is 18.3 Å². The molecule has 0 aliphatic carbocycles. The first-order valence-electron chi connectivity index (χ1n) is 6.32. The van der Waals surface area contributed by atoms with Gasteiger partial charge >= 0.3 is 0 Å². The highest BCUT2D eigenvalue weighted by Crippen LogP contribution is 2.30. The normalized spacial score (nSPS) is 23.8. The van der Waals surface area contributed by atoms with Gasteiger partial charge in [-0.05, 0) is 50.4 Å². The van der Waals surface area contributed by atoms with Crippen LogP contribution in [0.5, 0.6) is 0 Å². The molecule has 96 valence electrons. The van der Waals surface area contributed by atoms with Gasteiger partial charge in [0.25, 0.3) is 0 Å². The number of hydrogen-bond acceptors (Lipinski definition) is 3. The van der Waals surface area contributed by atoms with Crippen LogP contribution in [0.1, 0.15) is 25.3 Å². The summed E-state index contributed by atoms with van der Waals surface area (Å²) in [5.74, 6) is 0.551. The van der Waals surface area contributed by atoms with Crippen LogP contribution in [0, 0.1) is 17.2 Å². The van der Waals surface area contributed by atoms with E-state index < -0.39 is 0 Å². The Hall–Kier alpha value is -1.24. The third kappa shape index (κ3) is 2.60. The van der Waals surface area contributed by atoms with Crippen LogP contribution in [0.2, 0.25) is 5.02 Å². The van der Waals surface area contributed by atoms with E-state index in [1.54, 1.807) is 6.07 Å². The summed E-state index contributed by atoms with van der Waals surface area (Å²) in [4.78, 5) is 2.34. The van der Waals surface area contributed by atoms with Gasteiger partial charge in [0.15, 0.2) is 0 Å².